The fourth-order valence-corrected chi connectivity index (χ4v) is 5.69. The van der Waals surface area contributed by atoms with Crippen LogP contribution in [0.5, 0.6) is 0 Å². The van der Waals surface area contributed by atoms with Gasteiger partial charge in [-0.2, -0.15) is 22.1 Å². The summed E-state index contributed by atoms with van der Waals surface area (Å²) in [7, 11) is 0. The smallest absolute Gasteiger partial charge is 0.291 e. The zero-order valence-corrected chi connectivity index (χ0v) is 32.9. The molecule has 0 aromatic rings. The molecule has 1 heterocycles. The van der Waals surface area contributed by atoms with Gasteiger partial charge in [0.05, 0.1) is 0 Å². The van der Waals surface area contributed by atoms with Crippen LogP contribution in [0.2, 0.25) is 0 Å². The van der Waals surface area contributed by atoms with Crippen LogP contribution in [-0.2, 0) is 19.2 Å². The van der Waals surface area contributed by atoms with Crippen LogP contribution in [0, 0.1) is 19.6 Å². The molecule has 24 nitrogen and oxygen atoms in total. The summed E-state index contributed by atoms with van der Waals surface area (Å²) >= 11 is 0. The Kier molecular flexibility index (Phi) is 31.6. The minimum absolute atomic E-state index is 0.0215. The molecule has 1 aliphatic heterocycles. The first kappa shape index (κ1) is 50.0. The van der Waals surface area contributed by atoms with Gasteiger partial charge in [0.25, 0.3) is 0 Å². The van der Waals surface area contributed by atoms with E-state index in [4.69, 9.17) is 0 Å². The third-order valence-electron chi connectivity index (χ3n) is 8.91. The van der Waals surface area contributed by atoms with Gasteiger partial charge in [0, 0.05) is 56.4 Å². The van der Waals surface area contributed by atoms with Crippen LogP contribution in [0.1, 0.15) is 167 Å². The molecule has 12 N–H and O–H groups in total. The monoisotopic (exact) mass is 805 g/mol. The maximum absolute atomic E-state index is 12.2. The van der Waals surface area contributed by atoms with Gasteiger partial charge in [-0.25, -0.2) is 0 Å². The van der Waals surface area contributed by atoms with E-state index < -0.39 is 0 Å². The highest BCUT2D eigenvalue weighted by atomic mass is 16.5. The third-order valence-corrected chi connectivity index (χ3v) is 8.91. The first-order chi connectivity index (χ1) is 27.2. The second kappa shape index (κ2) is 35.4. The van der Waals surface area contributed by atoms with Crippen molar-refractivity contribution in [1.82, 2.24) is 66.2 Å². The molecule has 56 heavy (non-hydrogen) atoms. The van der Waals surface area contributed by atoms with Crippen molar-refractivity contribution in [2.24, 2.45) is 0 Å². The number of hydrogen-bond donors (Lipinski definition) is 12. The number of nitrogens with zero attached hydrogens (tertiary/aromatic N) is 4. The molecule has 0 radical (unpaired) electrons. The van der Waals surface area contributed by atoms with Crippen LogP contribution < -0.4 is 66.2 Å². The molecule has 1 saturated heterocycles. The average Bonchev–Trinajstić information content (AvgIpc) is 3.19. The van der Waals surface area contributed by atoms with Crippen molar-refractivity contribution in [3.05, 3.63) is 19.6 Å². The van der Waals surface area contributed by atoms with Gasteiger partial charge in [0.1, 0.15) is 13.1 Å². The van der Waals surface area contributed by atoms with Gasteiger partial charge in [-0.15, -0.1) is 11.1 Å². The second-order valence-corrected chi connectivity index (χ2v) is 13.6. The van der Waals surface area contributed by atoms with Gasteiger partial charge in [-0.1, -0.05) is 101 Å². The molecule has 0 bridgehead atoms. The van der Waals surface area contributed by atoms with Crippen molar-refractivity contribution < 1.29 is 39.1 Å². The lowest BCUT2D eigenvalue weighted by molar-refractivity contribution is -1.18. The molecule has 0 aromatic heterocycles. The Hall–Kier alpha value is -4.04. The zero-order chi connectivity index (χ0) is 40.9. The average molecular weight is 805 g/mol. The second-order valence-electron chi connectivity index (χ2n) is 13.6. The van der Waals surface area contributed by atoms with E-state index in [1.54, 1.807) is 0 Å². The minimum Gasteiger partial charge on any atom is -0.291 e. The number of hydrogen-bond acceptors (Lipinski definition) is 16. The van der Waals surface area contributed by atoms with Gasteiger partial charge in [0.15, 0.2) is 23.1 Å². The van der Waals surface area contributed by atoms with E-state index in [0.29, 0.717) is 64.5 Å². The number of carbonyl (C=O) groups is 4. The predicted molar refractivity (Wildman–Crippen MR) is 202 cm³/mol. The quantitative estimate of drug-likeness (QED) is 0.121. The van der Waals surface area contributed by atoms with E-state index in [2.05, 4.69) is 55.1 Å². The Balaban J connectivity index is 2.31. The number of nitrogens with one attached hydrogen (secondary N) is 12. The van der Waals surface area contributed by atoms with E-state index >= 15 is 0 Å². The van der Waals surface area contributed by atoms with Gasteiger partial charge in [-0.3, -0.25) is 19.2 Å². The summed E-state index contributed by atoms with van der Waals surface area (Å²) in [5.41, 5.74) is 27.2. The lowest BCUT2D eigenvalue weighted by Gasteiger charge is -2.08. The van der Waals surface area contributed by atoms with Crippen molar-refractivity contribution in [3.8, 4) is 0 Å². The van der Waals surface area contributed by atoms with Crippen LogP contribution in [0.4, 0.5) is 0 Å². The normalized spacial score (nSPS) is 22.0. The highest BCUT2D eigenvalue weighted by molar-refractivity contribution is 6.37. The van der Waals surface area contributed by atoms with Crippen LogP contribution in [-0.4, -0.2) is 56.1 Å². The summed E-state index contributed by atoms with van der Waals surface area (Å²) in [6, 6.07) is 0. The highest BCUT2D eigenvalue weighted by Gasteiger charge is 2.23. The molecular formula is C32H68N16O8+4. The Morgan fingerprint density at radius 3 is 0.750 bits per heavy atom. The molecule has 0 saturated carbocycles. The fraction of sp³-hybridized carbons (Fsp3) is 0.875. The van der Waals surface area contributed by atoms with Gasteiger partial charge in [-0.05, 0) is 62.4 Å². The number of nitroso groups, excluding NO2 is 4. The van der Waals surface area contributed by atoms with E-state index in [-0.39, 0.29) is 43.0 Å². The summed E-state index contributed by atoms with van der Waals surface area (Å²) in [5.74, 6) is -1.10. The Morgan fingerprint density at radius 1 is 0.268 bits per heavy atom. The molecule has 1 fully saturated rings. The largest absolute Gasteiger partial charge is 0.374 e. The molecule has 24 heteroatoms. The Morgan fingerprint density at radius 2 is 0.482 bits per heavy atom. The topological polar surface area (TPSA) is 293 Å². The number of Topliss-reactive ketones (excluding diaryl/α,β-unsaturated/α-hetero) is 4. The van der Waals surface area contributed by atoms with E-state index in [1.807, 2.05) is 11.1 Å². The van der Waals surface area contributed by atoms with Crippen molar-refractivity contribution >= 4 is 23.1 Å². The molecule has 0 unspecified atom stereocenters. The SMILES string of the molecule is O=C1CCCCCCCCCCC(=O)C(=O)CCCCCCCCCN[N+](=O)[N+](=O)NNNNNNNNNN[N+](=O)[N+](=O)NCCCCCCCCCC1=O. The number of ketones is 4. The molecule has 1 aliphatic rings. The molecule has 1 rings (SSSR count). The van der Waals surface area contributed by atoms with Crippen LogP contribution >= 0.6 is 0 Å². The molecular weight excluding hydrogens is 736 g/mol. The molecule has 0 aliphatic carbocycles. The Labute approximate surface area is 327 Å². The summed E-state index contributed by atoms with van der Waals surface area (Å²) in [6.45, 7) is 0.583. The van der Waals surface area contributed by atoms with E-state index in [9.17, 15) is 38.8 Å². The van der Waals surface area contributed by atoms with E-state index in [1.165, 1.54) is 0 Å². The maximum atomic E-state index is 12.2. The Bertz CT molecular complexity index is 918. The first-order valence-corrected chi connectivity index (χ1v) is 20.2. The number of hydrazine groups is 15. The van der Waals surface area contributed by atoms with Crippen LogP contribution in [0.25, 0.3) is 0 Å². The van der Waals surface area contributed by atoms with Crippen molar-refractivity contribution in [2.75, 3.05) is 13.1 Å². The molecule has 0 amide bonds. The van der Waals surface area contributed by atoms with Crippen LogP contribution in [0.15, 0.2) is 0 Å². The maximum Gasteiger partial charge on any atom is 0.374 e. The van der Waals surface area contributed by atoms with Crippen molar-refractivity contribution in [1.29, 1.82) is 0 Å². The molecule has 0 spiro atoms. The lowest BCUT2D eigenvalue weighted by Crippen LogP contribution is -2.66. The van der Waals surface area contributed by atoms with Crippen LogP contribution in [0.3, 0.4) is 0 Å². The minimum atomic E-state index is -0.277. The standard InChI is InChI=1S/C32H68N16O8/c49-29-23-17-11-5-1-2-6-12-18-24-30(50)32(52)26-20-14-8-4-10-16-22-28-34-46(54)48(56)44-42-40-38-36-35-37-39-41-43-47(55)45(53)33-27-21-15-9-3-7-13-19-25-31(29)51/h1-28H2,(H,33,53)(H,34,54)(H5,35,38,39,42,43,55)(H5,36,37,40,41,44,56)/q+4. The third kappa shape index (κ3) is 29.3. The highest BCUT2D eigenvalue weighted by Crippen LogP contribution is 2.14. The molecule has 0 atom stereocenters. The zero-order valence-electron chi connectivity index (χ0n) is 32.9. The number of carbonyl (C=O) groups excluding carboxylic acids is 4. The van der Waals surface area contributed by atoms with Gasteiger partial charge < -0.3 is 0 Å². The van der Waals surface area contributed by atoms with E-state index in [0.717, 1.165) is 116 Å². The summed E-state index contributed by atoms with van der Waals surface area (Å²) in [5, 5.41) is 0. The first-order valence-electron chi connectivity index (χ1n) is 20.2. The summed E-state index contributed by atoms with van der Waals surface area (Å²) < 4.78 is 0. The predicted octanol–water partition coefficient (Wildman–Crippen LogP) is 1.33. The molecule has 320 valence electrons. The van der Waals surface area contributed by atoms with Gasteiger partial charge in [0.2, 0.25) is 0 Å². The summed E-state index contributed by atoms with van der Waals surface area (Å²) in [6.07, 6.45) is 20.5. The molecule has 0 aromatic carbocycles. The van der Waals surface area contributed by atoms with Crippen molar-refractivity contribution in [2.45, 2.75) is 167 Å². The van der Waals surface area contributed by atoms with Crippen molar-refractivity contribution in [3.63, 3.8) is 0 Å². The van der Waals surface area contributed by atoms with Gasteiger partial charge >= 0.3 is 19.9 Å². The summed E-state index contributed by atoms with van der Waals surface area (Å²) in [4.78, 5) is 95.5. The fourth-order valence-electron chi connectivity index (χ4n) is 5.69. The lowest BCUT2D eigenvalue weighted by atomic mass is 10.0. The number of rotatable bonds is 0.